The zero-order valence-corrected chi connectivity index (χ0v) is 16.8. The molecule has 2 heterocycles. The van der Waals surface area contributed by atoms with Crippen LogP contribution in [0.5, 0.6) is 11.5 Å². The number of halogens is 1. The number of aromatic nitrogens is 2. The van der Waals surface area contributed by atoms with Crippen LogP contribution >= 0.6 is 11.6 Å². The van der Waals surface area contributed by atoms with Gasteiger partial charge < -0.3 is 20.1 Å². The number of likely N-dealkylation sites (N-methyl/N-ethyl adjacent to an activating group) is 1. The summed E-state index contributed by atoms with van der Waals surface area (Å²) in [4.78, 5) is 15.0. The van der Waals surface area contributed by atoms with Crippen molar-refractivity contribution in [2.24, 2.45) is 4.99 Å². The van der Waals surface area contributed by atoms with E-state index in [1.165, 1.54) is 6.33 Å². The number of phenolic OH excluding ortho intramolecular Hbond substituents is 1. The first-order chi connectivity index (χ1) is 14.6. The van der Waals surface area contributed by atoms with Gasteiger partial charge in [-0.3, -0.25) is 4.99 Å². The molecule has 3 aromatic rings. The largest absolute Gasteiger partial charge is 0.508 e. The molecular formula is C22H18ClN5O2. The van der Waals surface area contributed by atoms with E-state index >= 15 is 0 Å². The average Bonchev–Trinajstić information content (AvgIpc) is 3.11. The minimum Gasteiger partial charge on any atom is -0.508 e. The van der Waals surface area contributed by atoms with Gasteiger partial charge in [0.05, 0.1) is 29.0 Å². The van der Waals surface area contributed by atoms with Crippen molar-refractivity contribution < 1.29 is 9.84 Å². The molecule has 1 aliphatic carbocycles. The Morgan fingerprint density at radius 2 is 2.07 bits per heavy atom. The van der Waals surface area contributed by atoms with Gasteiger partial charge in [0.15, 0.2) is 0 Å². The number of aromatic hydroxyl groups is 1. The fraction of sp³-hybridized carbons (Fsp3) is 0.136. The Balaban J connectivity index is 1.36. The van der Waals surface area contributed by atoms with Crippen LogP contribution in [0.1, 0.15) is 0 Å². The third kappa shape index (κ3) is 3.44. The number of hydrogen-bond acceptors (Lipinski definition) is 7. The lowest BCUT2D eigenvalue weighted by atomic mass is 10.0. The van der Waals surface area contributed by atoms with Crippen molar-refractivity contribution in [3.63, 3.8) is 0 Å². The predicted molar refractivity (Wildman–Crippen MR) is 118 cm³/mol. The second kappa shape index (κ2) is 7.35. The molecule has 1 aromatic heterocycles. The second-order valence-corrected chi connectivity index (χ2v) is 7.54. The first kappa shape index (κ1) is 18.4. The SMILES string of the molecule is CN1C=NC2C=C(Oc3ccc(Nc4ncnc5ccc(O)cc45)cc3Cl)C=CC21. The summed E-state index contributed by atoms with van der Waals surface area (Å²) in [5.74, 6) is 1.99. The maximum absolute atomic E-state index is 9.79. The van der Waals surface area contributed by atoms with Gasteiger partial charge in [-0.1, -0.05) is 17.7 Å². The number of phenols is 1. The summed E-state index contributed by atoms with van der Waals surface area (Å²) in [6.45, 7) is 0. The normalized spacial score (nSPS) is 19.7. The maximum atomic E-state index is 9.79. The average molecular weight is 420 g/mol. The predicted octanol–water partition coefficient (Wildman–Crippen LogP) is 4.28. The van der Waals surface area contributed by atoms with E-state index in [4.69, 9.17) is 16.3 Å². The van der Waals surface area contributed by atoms with Gasteiger partial charge in [0, 0.05) is 18.1 Å². The number of aliphatic imine (C=N–C) groups is 1. The van der Waals surface area contributed by atoms with Crippen LogP contribution in [0.4, 0.5) is 11.5 Å². The molecule has 2 N–H and O–H groups in total. The van der Waals surface area contributed by atoms with E-state index in [1.807, 2.05) is 31.6 Å². The van der Waals surface area contributed by atoms with Gasteiger partial charge in [-0.2, -0.15) is 0 Å². The molecule has 0 saturated carbocycles. The van der Waals surface area contributed by atoms with Crippen LogP contribution in [0.25, 0.3) is 10.9 Å². The Morgan fingerprint density at radius 1 is 1.17 bits per heavy atom. The number of fused-ring (bicyclic) bond motifs is 2. The molecule has 0 saturated heterocycles. The Kier molecular flexibility index (Phi) is 4.52. The number of rotatable bonds is 4. The fourth-order valence-corrected chi connectivity index (χ4v) is 3.75. The molecule has 1 aliphatic heterocycles. The van der Waals surface area contributed by atoms with Gasteiger partial charge in [0.25, 0.3) is 0 Å². The quantitative estimate of drug-likeness (QED) is 0.657. The van der Waals surface area contributed by atoms with E-state index < -0.39 is 0 Å². The summed E-state index contributed by atoms with van der Waals surface area (Å²) in [7, 11) is 2.00. The standard InChI is InChI=1S/C22H18ClN5O2/c1-28-12-26-19-10-15(4-6-20(19)28)30-21-7-2-13(8-17(21)23)27-22-16-9-14(29)3-5-18(16)24-11-25-22/h2-12,19-20,29H,1H3,(H,24,25,27). The van der Waals surface area contributed by atoms with Crippen molar-refractivity contribution in [2.75, 3.05) is 12.4 Å². The minimum atomic E-state index is 0.0529. The van der Waals surface area contributed by atoms with Gasteiger partial charge in [-0.05, 0) is 48.6 Å². The van der Waals surface area contributed by atoms with Crippen LogP contribution in [0.2, 0.25) is 5.02 Å². The summed E-state index contributed by atoms with van der Waals surface area (Å²) >= 11 is 6.47. The molecule has 8 heteroatoms. The van der Waals surface area contributed by atoms with E-state index in [2.05, 4.69) is 31.3 Å². The number of nitrogens with one attached hydrogen (secondary N) is 1. The zero-order chi connectivity index (χ0) is 20.7. The van der Waals surface area contributed by atoms with Crippen LogP contribution in [-0.2, 0) is 0 Å². The molecule has 7 nitrogen and oxygen atoms in total. The number of ether oxygens (including phenoxy) is 1. The first-order valence-corrected chi connectivity index (χ1v) is 9.78. The summed E-state index contributed by atoms with van der Waals surface area (Å²) in [6, 6.07) is 10.7. The number of anilines is 2. The maximum Gasteiger partial charge on any atom is 0.146 e. The lowest BCUT2D eigenvalue weighted by molar-refractivity contribution is 0.405. The monoisotopic (exact) mass is 419 g/mol. The molecule has 2 aliphatic rings. The van der Waals surface area contributed by atoms with E-state index in [-0.39, 0.29) is 17.8 Å². The molecule has 0 amide bonds. The second-order valence-electron chi connectivity index (χ2n) is 7.14. The third-order valence-electron chi connectivity index (χ3n) is 5.08. The lowest BCUT2D eigenvalue weighted by Crippen LogP contribution is -2.32. The topological polar surface area (TPSA) is 82.9 Å². The first-order valence-electron chi connectivity index (χ1n) is 9.40. The fourth-order valence-electron chi connectivity index (χ4n) is 3.53. The van der Waals surface area contributed by atoms with Crippen molar-refractivity contribution in [1.29, 1.82) is 0 Å². The van der Waals surface area contributed by atoms with E-state index in [0.717, 1.165) is 11.2 Å². The van der Waals surface area contributed by atoms with Crippen molar-refractivity contribution in [3.05, 3.63) is 71.7 Å². The Bertz CT molecular complexity index is 1220. The smallest absolute Gasteiger partial charge is 0.146 e. The Hall–Kier alpha value is -3.58. The molecule has 2 atom stereocenters. The number of nitrogens with zero attached hydrogens (tertiary/aromatic N) is 4. The third-order valence-corrected chi connectivity index (χ3v) is 5.37. The molecule has 5 rings (SSSR count). The van der Waals surface area contributed by atoms with Gasteiger partial charge >= 0.3 is 0 Å². The summed E-state index contributed by atoms with van der Waals surface area (Å²) in [5.41, 5.74) is 1.47. The molecule has 30 heavy (non-hydrogen) atoms. The molecular weight excluding hydrogens is 402 g/mol. The summed E-state index contributed by atoms with van der Waals surface area (Å²) in [6.07, 6.45) is 9.31. The van der Waals surface area contributed by atoms with Gasteiger partial charge in [0.2, 0.25) is 0 Å². The molecule has 2 aromatic carbocycles. The molecule has 0 fully saturated rings. The number of hydrogen-bond donors (Lipinski definition) is 2. The van der Waals surface area contributed by atoms with Crippen molar-refractivity contribution >= 4 is 40.3 Å². The highest BCUT2D eigenvalue weighted by Crippen LogP contribution is 2.33. The number of allylic oxidation sites excluding steroid dienone is 1. The molecule has 2 unspecified atom stereocenters. The van der Waals surface area contributed by atoms with Gasteiger partial charge in [-0.15, -0.1) is 0 Å². The zero-order valence-electron chi connectivity index (χ0n) is 16.0. The molecule has 0 spiro atoms. The Labute approximate surface area is 178 Å². The van der Waals surface area contributed by atoms with E-state index in [9.17, 15) is 5.11 Å². The molecule has 0 bridgehead atoms. The Morgan fingerprint density at radius 3 is 2.93 bits per heavy atom. The van der Waals surface area contributed by atoms with Crippen LogP contribution in [0.15, 0.2) is 71.7 Å². The molecule has 150 valence electrons. The van der Waals surface area contributed by atoms with E-state index in [1.54, 1.807) is 30.3 Å². The summed E-state index contributed by atoms with van der Waals surface area (Å²) in [5, 5.41) is 14.2. The van der Waals surface area contributed by atoms with Crippen molar-refractivity contribution in [2.45, 2.75) is 12.1 Å². The highest BCUT2D eigenvalue weighted by Gasteiger charge is 2.27. The van der Waals surface area contributed by atoms with Crippen LogP contribution in [0.3, 0.4) is 0 Å². The van der Waals surface area contributed by atoms with E-state index in [0.29, 0.717) is 27.7 Å². The van der Waals surface area contributed by atoms with Crippen LogP contribution < -0.4 is 10.1 Å². The van der Waals surface area contributed by atoms with Crippen LogP contribution in [-0.4, -0.2) is 45.4 Å². The lowest BCUT2D eigenvalue weighted by Gasteiger charge is -2.23. The minimum absolute atomic E-state index is 0.0529. The van der Waals surface area contributed by atoms with Crippen molar-refractivity contribution in [1.82, 2.24) is 14.9 Å². The van der Waals surface area contributed by atoms with Crippen LogP contribution in [0, 0.1) is 0 Å². The summed E-state index contributed by atoms with van der Waals surface area (Å²) < 4.78 is 5.98. The highest BCUT2D eigenvalue weighted by atomic mass is 35.5. The van der Waals surface area contributed by atoms with Crippen molar-refractivity contribution in [3.8, 4) is 11.5 Å². The van der Waals surface area contributed by atoms with Gasteiger partial charge in [0.1, 0.15) is 29.4 Å². The van der Waals surface area contributed by atoms with Gasteiger partial charge in [-0.25, -0.2) is 9.97 Å². The number of benzene rings is 2. The highest BCUT2D eigenvalue weighted by molar-refractivity contribution is 6.32. The molecule has 0 radical (unpaired) electrons.